The van der Waals surface area contributed by atoms with E-state index in [1.807, 2.05) is 6.08 Å². The van der Waals surface area contributed by atoms with E-state index in [9.17, 15) is 9.90 Å². The number of methoxy groups -OCH3 is 1. The van der Waals surface area contributed by atoms with E-state index in [0.717, 1.165) is 6.42 Å². The maximum atomic E-state index is 13.7. The van der Waals surface area contributed by atoms with Gasteiger partial charge in [0.2, 0.25) is 5.78 Å². The van der Waals surface area contributed by atoms with Crippen LogP contribution in [0.25, 0.3) is 0 Å². The van der Waals surface area contributed by atoms with Crippen LogP contribution in [-0.4, -0.2) is 49.4 Å². The molecule has 0 radical (unpaired) electrons. The summed E-state index contributed by atoms with van der Waals surface area (Å²) in [5, 5.41) is 10.5. The number of carbonyl (C=O) groups excluding carboxylic acids is 1. The SMILES string of the molecule is COC1=CC(C)C2C[C@H]3O[C@H](O)C[C@H]4C(C)[C@@H]5OCOC5C([C@@]2(C)C1=O)[C@@]34C. The molecule has 5 unspecified atom stereocenters. The molecule has 4 fully saturated rings. The average Bonchev–Trinajstić information content (AvgIpc) is 3.12. The molecule has 28 heavy (non-hydrogen) atoms. The molecular formula is C22H32O6. The minimum atomic E-state index is -0.755. The van der Waals surface area contributed by atoms with E-state index in [1.165, 1.54) is 0 Å². The minimum Gasteiger partial charge on any atom is -0.493 e. The van der Waals surface area contributed by atoms with E-state index < -0.39 is 11.7 Å². The second kappa shape index (κ2) is 6.03. The summed E-state index contributed by atoms with van der Waals surface area (Å²) in [4.78, 5) is 13.7. The van der Waals surface area contributed by atoms with Crippen LogP contribution in [0.15, 0.2) is 11.8 Å². The van der Waals surface area contributed by atoms with Crippen molar-refractivity contribution in [1.82, 2.24) is 0 Å². The number of fused-ring (bicyclic) bond motifs is 4. The first-order valence-electron chi connectivity index (χ1n) is 10.6. The van der Waals surface area contributed by atoms with Crippen molar-refractivity contribution < 1.29 is 28.8 Å². The Morgan fingerprint density at radius 3 is 2.57 bits per heavy atom. The molecule has 5 aliphatic rings. The van der Waals surface area contributed by atoms with E-state index in [2.05, 4.69) is 27.7 Å². The maximum absolute atomic E-state index is 13.7. The van der Waals surface area contributed by atoms with Crippen LogP contribution in [0.2, 0.25) is 0 Å². The van der Waals surface area contributed by atoms with Gasteiger partial charge in [-0.15, -0.1) is 0 Å². The Balaban J connectivity index is 1.71. The lowest BCUT2D eigenvalue weighted by Crippen LogP contribution is -2.73. The third-order valence-electron chi connectivity index (χ3n) is 9.13. The van der Waals surface area contributed by atoms with Crippen LogP contribution in [0.4, 0.5) is 0 Å². The number of rotatable bonds is 1. The zero-order valence-electron chi connectivity index (χ0n) is 17.4. The number of Topliss-reactive ketones (excluding diaryl/α,β-unsaturated/α-hetero) is 1. The van der Waals surface area contributed by atoms with Crippen molar-refractivity contribution in [2.75, 3.05) is 13.9 Å². The molecule has 3 aliphatic carbocycles. The van der Waals surface area contributed by atoms with Crippen LogP contribution in [0.5, 0.6) is 0 Å². The lowest BCUT2D eigenvalue weighted by Gasteiger charge is -2.69. The predicted molar refractivity (Wildman–Crippen MR) is 99.8 cm³/mol. The average molecular weight is 392 g/mol. The van der Waals surface area contributed by atoms with Crippen molar-refractivity contribution in [2.24, 2.45) is 40.4 Å². The topological polar surface area (TPSA) is 74.2 Å². The third-order valence-corrected chi connectivity index (χ3v) is 9.13. The summed E-state index contributed by atoms with van der Waals surface area (Å²) in [5.41, 5.74) is -0.865. The lowest BCUT2D eigenvalue weighted by atomic mass is 9.38. The van der Waals surface area contributed by atoms with Gasteiger partial charge in [0.25, 0.3) is 0 Å². The minimum absolute atomic E-state index is 0.0428. The van der Waals surface area contributed by atoms with Crippen molar-refractivity contribution in [1.29, 1.82) is 0 Å². The van der Waals surface area contributed by atoms with E-state index >= 15 is 0 Å². The number of aliphatic hydroxyl groups is 1. The quantitative estimate of drug-likeness (QED) is 0.739. The number of ketones is 1. The highest BCUT2D eigenvalue weighted by molar-refractivity contribution is 5.99. The Kier molecular flexibility index (Phi) is 4.10. The molecule has 6 nitrogen and oxygen atoms in total. The molecule has 0 bridgehead atoms. The van der Waals surface area contributed by atoms with Gasteiger partial charge in [-0.1, -0.05) is 27.7 Å². The summed E-state index contributed by atoms with van der Waals surface area (Å²) in [6.07, 6.45) is 2.27. The summed E-state index contributed by atoms with van der Waals surface area (Å²) < 4.78 is 23.9. The number of hydrogen-bond donors (Lipinski definition) is 1. The van der Waals surface area contributed by atoms with Gasteiger partial charge in [-0.2, -0.15) is 0 Å². The Labute approximate surface area is 166 Å². The molecule has 6 heteroatoms. The first kappa shape index (κ1) is 19.0. The van der Waals surface area contributed by atoms with E-state index in [4.69, 9.17) is 18.9 Å². The van der Waals surface area contributed by atoms with Crippen molar-refractivity contribution in [3.63, 3.8) is 0 Å². The second-order valence-corrected chi connectivity index (χ2v) is 10.1. The van der Waals surface area contributed by atoms with Crippen molar-refractivity contribution >= 4 is 5.78 Å². The summed E-state index contributed by atoms with van der Waals surface area (Å²) in [6, 6.07) is 0. The molecule has 2 heterocycles. The molecule has 0 aromatic heterocycles. The number of aliphatic hydroxyl groups excluding tert-OH is 1. The molecular weight excluding hydrogens is 360 g/mol. The molecule has 11 atom stereocenters. The Bertz CT molecular complexity index is 720. The van der Waals surface area contributed by atoms with Gasteiger partial charge in [-0.3, -0.25) is 4.79 Å². The van der Waals surface area contributed by atoms with Crippen molar-refractivity contribution in [3.8, 4) is 0 Å². The molecule has 0 spiro atoms. The first-order chi connectivity index (χ1) is 13.2. The molecule has 2 saturated heterocycles. The number of hydrogen-bond acceptors (Lipinski definition) is 6. The molecule has 2 aliphatic heterocycles. The molecule has 2 saturated carbocycles. The zero-order valence-corrected chi connectivity index (χ0v) is 17.4. The van der Waals surface area contributed by atoms with Gasteiger partial charge < -0.3 is 24.1 Å². The fourth-order valence-corrected chi connectivity index (χ4v) is 7.95. The Morgan fingerprint density at radius 1 is 1.14 bits per heavy atom. The lowest BCUT2D eigenvalue weighted by molar-refractivity contribution is -0.314. The van der Waals surface area contributed by atoms with Gasteiger partial charge in [0.15, 0.2) is 12.0 Å². The first-order valence-corrected chi connectivity index (χ1v) is 10.6. The third kappa shape index (κ3) is 2.10. The molecule has 5 rings (SSSR count). The molecule has 0 amide bonds. The predicted octanol–water partition coefficient (Wildman–Crippen LogP) is 2.50. The smallest absolute Gasteiger partial charge is 0.203 e. The van der Waals surface area contributed by atoms with Crippen LogP contribution in [0, 0.1) is 40.4 Å². The van der Waals surface area contributed by atoms with Crippen LogP contribution < -0.4 is 0 Å². The summed E-state index contributed by atoms with van der Waals surface area (Å²) in [7, 11) is 1.58. The van der Waals surface area contributed by atoms with Crippen LogP contribution in [0.1, 0.15) is 40.5 Å². The second-order valence-electron chi connectivity index (χ2n) is 10.1. The number of carbonyl (C=O) groups is 1. The maximum Gasteiger partial charge on any atom is 0.203 e. The van der Waals surface area contributed by atoms with Gasteiger partial charge in [0.1, 0.15) is 6.79 Å². The molecule has 156 valence electrons. The molecule has 0 aromatic carbocycles. The monoisotopic (exact) mass is 392 g/mol. The highest BCUT2D eigenvalue weighted by atomic mass is 16.7. The van der Waals surface area contributed by atoms with Crippen molar-refractivity contribution in [2.45, 2.75) is 65.1 Å². The largest absolute Gasteiger partial charge is 0.493 e. The van der Waals surface area contributed by atoms with Gasteiger partial charge in [-0.05, 0) is 36.2 Å². The summed E-state index contributed by atoms with van der Waals surface area (Å²) in [6.45, 7) is 9.00. The molecule has 1 N–H and O–H groups in total. The highest BCUT2D eigenvalue weighted by Gasteiger charge is 2.73. The van der Waals surface area contributed by atoms with E-state index in [0.29, 0.717) is 12.2 Å². The van der Waals surface area contributed by atoms with Gasteiger partial charge >= 0.3 is 0 Å². The standard InChI is InChI=1S/C22H32O6/c1-10-6-14(25-5)20(24)22(4)12(10)7-15-21(3)13(8-16(23)28-15)11(2)17-18(19(21)22)27-9-26-17/h6,10-13,15-19,23H,7-9H2,1-5H3/t10?,11?,12?,13-,15+,16-,17-,18?,19?,21+,22-/m0/s1. The normalized spacial score (nSPS) is 57.7. The van der Waals surface area contributed by atoms with Gasteiger partial charge in [-0.25, -0.2) is 0 Å². The Hall–Kier alpha value is -0.950. The molecule has 0 aromatic rings. The van der Waals surface area contributed by atoms with Crippen LogP contribution >= 0.6 is 0 Å². The van der Waals surface area contributed by atoms with Gasteiger partial charge in [0.05, 0.1) is 25.4 Å². The highest BCUT2D eigenvalue weighted by Crippen LogP contribution is 2.69. The fourth-order valence-electron chi connectivity index (χ4n) is 7.95. The number of allylic oxidation sites excluding steroid dienone is 2. The van der Waals surface area contributed by atoms with Crippen LogP contribution in [0.3, 0.4) is 0 Å². The summed E-state index contributed by atoms with van der Waals surface area (Å²) >= 11 is 0. The van der Waals surface area contributed by atoms with Crippen LogP contribution in [-0.2, 0) is 23.7 Å². The summed E-state index contributed by atoms with van der Waals surface area (Å²) in [5.74, 6) is 1.26. The van der Waals surface area contributed by atoms with Gasteiger partial charge in [0, 0.05) is 23.2 Å². The zero-order chi connectivity index (χ0) is 20.0. The van der Waals surface area contributed by atoms with E-state index in [1.54, 1.807) is 7.11 Å². The fraction of sp³-hybridized carbons (Fsp3) is 0.864. The number of ether oxygens (including phenoxy) is 4. The Morgan fingerprint density at radius 2 is 1.86 bits per heavy atom. The van der Waals surface area contributed by atoms with E-state index in [-0.39, 0.29) is 65.9 Å². The van der Waals surface area contributed by atoms with Crippen molar-refractivity contribution in [3.05, 3.63) is 11.8 Å².